The minimum absolute atomic E-state index is 0.360. The summed E-state index contributed by atoms with van der Waals surface area (Å²) in [4.78, 5) is 3.97. The van der Waals surface area contributed by atoms with Crippen molar-refractivity contribution in [1.29, 1.82) is 0 Å². The van der Waals surface area contributed by atoms with Crippen LogP contribution in [0, 0.1) is 5.82 Å². The van der Waals surface area contributed by atoms with E-state index in [4.69, 9.17) is 4.74 Å². The summed E-state index contributed by atoms with van der Waals surface area (Å²) in [5.74, 6) is 0.200. The number of hydrogen-bond acceptors (Lipinski definition) is 3. The van der Waals surface area contributed by atoms with E-state index in [1.165, 1.54) is 25.3 Å². The van der Waals surface area contributed by atoms with Crippen LogP contribution in [0.1, 0.15) is 17.2 Å². The average molecular weight is 312 g/mol. The maximum Gasteiger partial charge on any atom is 0.137 e. The van der Waals surface area contributed by atoms with Crippen molar-refractivity contribution in [3.63, 3.8) is 0 Å². The highest BCUT2D eigenvalue weighted by Crippen LogP contribution is 2.30. The Bertz CT molecular complexity index is 562. The first kappa shape index (κ1) is 13.0. The molecule has 0 saturated heterocycles. The number of aromatic nitrogens is 1. The van der Waals surface area contributed by atoms with Crippen LogP contribution in [-0.2, 0) is 0 Å². The second kappa shape index (κ2) is 5.46. The molecule has 0 saturated carbocycles. The predicted octanol–water partition coefficient (Wildman–Crippen LogP) is 3.07. The number of rotatable bonds is 3. The number of aliphatic hydroxyl groups is 1. The molecule has 0 aliphatic rings. The SMILES string of the molecule is COc1cncc(C(O)c2ccc(F)cc2Br)c1. The van der Waals surface area contributed by atoms with Crippen LogP contribution in [0.5, 0.6) is 5.75 Å². The standard InChI is InChI=1S/C13H11BrFNO2/c1-18-10-4-8(6-16-7-10)13(17)11-3-2-9(15)5-12(11)14/h2-7,13,17H,1H3. The maximum atomic E-state index is 13.0. The molecule has 0 bridgehead atoms. The molecule has 1 aromatic heterocycles. The van der Waals surface area contributed by atoms with Crippen molar-refractivity contribution in [1.82, 2.24) is 4.98 Å². The summed E-state index contributed by atoms with van der Waals surface area (Å²) in [5.41, 5.74) is 1.16. The molecule has 0 spiro atoms. The topological polar surface area (TPSA) is 42.4 Å². The van der Waals surface area contributed by atoms with E-state index < -0.39 is 6.10 Å². The van der Waals surface area contributed by atoms with Gasteiger partial charge in [0.15, 0.2) is 0 Å². The zero-order valence-electron chi connectivity index (χ0n) is 9.60. The number of nitrogens with zero attached hydrogens (tertiary/aromatic N) is 1. The molecule has 0 aliphatic heterocycles. The second-order valence-corrected chi connectivity index (χ2v) is 4.58. The fourth-order valence-corrected chi connectivity index (χ4v) is 2.17. The van der Waals surface area contributed by atoms with Gasteiger partial charge in [-0.15, -0.1) is 0 Å². The molecule has 1 N–H and O–H groups in total. The van der Waals surface area contributed by atoms with Gasteiger partial charge in [0.1, 0.15) is 17.7 Å². The number of benzene rings is 1. The molecule has 0 radical (unpaired) electrons. The monoisotopic (exact) mass is 311 g/mol. The molecule has 3 nitrogen and oxygen atoms in total. The number of hydrogen-bond donors (Lipinski definition) is 1. The Labute approximate surface area is 112 Å². The van der Waals surface area contributed by atoms with E-state index in [0.717, 1.165) is 0 Å². The molecule has 18 heavy (non-hydrogen) atoms. The van der Waals surface area contributed by atoms with Gasteiger partial charge in [-0.1, -0.05) is 22.0 Å². The quantitative estimate of drug-likeness (QED) is 0.947. The van der Waals surface area contributed by atoms with Gasteiger partial charge in [-0.2, -0.15) is 0 Å². The van der Waals surface area contributed by atoms with Gasteiger partial charge in [-0.05, 0) is 23.8 Å². The van der Waals surface area contributed by atoms with Gasteiger partial charge in [0.25, 0.3) is 0 Å². The van der Waals surface area contributed by atoms with Crippen molar-refractivity contribution in [2.24, 2.45) is 0 Å². The highest BCUT2D eigenvalue weighted by molar-refractivity contribution is 9.10. The van der Waals surface area contributed by atoms with E-state index in [1.54, 1.807) is 18.5 Å². The van der Waals surface area contributed by atoms with Gasteiger partial charge in [-0.3, -0.25) is 4.98 Å². The molecular weight excluding hydrogens is 301 g/mol. The third kappa shape index (κ3) is 2.68. The fourth-order valence-electron chi connectivity index (χ4n) is 1.60. The predicted molar refractivity (Wildman–Crippen MR) is 69.0 cm³/mol. The largest absolute Gasteiger partial charge is 0.495 e. The van der Waals surface area contributed by atoms with Gasteiger partial charge < -0.3 is 9.84 Å². The lowest BCUT2D eigenvalue weighted by Gasteiger charge is -2.13. The normalized spacial score (nSPS) is 12.2. The Balaban J connectivity index is 2.37. The molecule has 0 aliphatic carbocycles. The van der Waals surface area contributed by atoms with Gasteiger partial charge in [0.05, 0.1) is 13.3 Å². The molecule has 2 rings (SSSR count). The number of methoxy groups -OCH3 is 1. The lowest BCUT2D eigenvalue weighted by molar-refractivity contribution is 0.218. The number of pyridine rings is 1. The molecular formula is C13H11BrFNO2. The van der Waals surface area contributed by atoms with Crippen LogP contribution < -0.4 is 4.74 Å². The molecule has 5 heteroatoms. The summed E-state index contributed by atoms with van der Waals surface area (Å²) in [7, 11) is 1.53. The molecule has 94 valence electrons. The van der Waals surface area contributed by atoms with E-state index in [9.17, 15) is 9.50 Å². The van der Waals surface area contributed by atoms with Crippen LogP contribution in [0.4, 0.5) is 4.39 Å². The number of ether oxygens (including phenoxy) is 1. The lowest BCUT2D eigenvalue weighted by atomic mass is 10.0. The van der Waals surface area contributed by atoms with Gasteiger partial charge in [0, 0.05) is 16.2 Å². The maximum absolute atomic E-state index is 13.0. The number of aliphatic hydroxyl groups excluding tert-OH is 1. The molecule has 2 aromatic rings. The first-order chi connectivity index (χ1) is 8.61. The molecule has 1 unspecified atom stereocenters. The van der Waals surface area contributed by atoms with Crippen LogP contribution in [-0.4, -0.2) is 17.2 Å². The van der Waals surface area contributed by atoms with Crippen LogP contribution >= 0.6 is 15.9 Å². The molecule has 0 fully saturated rings. The Morgan fingerprint density at radius 2 is 2.11 bits per heavy atom. The zero-order valence-corrected chi connectivity index (χ0v) is 11.2. The average Bonchev–Trinajstić information content (AvgIpc) is 2.38. The molecule has 1 atom stereocenters. The van der Waals surface area contributed by atoms with Crippen molar-refractivity contribution in [3.8, 4) is 5.75 Å². The first-order valence-electron chi connectivity index (χ1n) is 5.24. The lowest BCUT2D eigenvalue weighted by Crippen LogP contribution is -2.02. The first-order valence-corrected chi connectivity index (χ1v) is 6.03. The van der Waals surface area contributed by atoms with Gasteiger partial charge in [-0.25, -0.2) is 4.39 Å². The van der Waals surface area contributed by atoms with E-state index in [2.05, 4.69) is 20.9 Å². The zero-order chi connectivity index (χ0) is 13.1. The Morgan fingerprint density at radius 3 is 2.78 bits per heavy atom. The van der Waals surface area contributed by atoms with E-state index in [1.807, 2.05) is 0 Å². The van der Waals surface area contributed by atoms with Gasteiger partial charge in [0.2, 0.25) is 0 Å². The van der Waals surface area contributed by atoms with Crippen molar-refractivity contribution in [2.75, 3.05) is 7.11 Å². The van der Waals surface area contributed by atoms with Crippen LogP contribution in [0.25, 0.3) is 0 Å². The Hall–Kier alpha value is -1.46. The van der Waals surface area contributed by atoms with Crippen LogP contribution in [0.2, 0.25) is 0 Å². The minimum Gasteiger partial charge on any atom is -0.495 e. The fraction of sp³-hybridized carbons (Fsp3) is 0.154. The van der Waals surface area contributed by atoms with Crippen molar-refractivity contribution in [2.45, 2.75) is 6.10 Å². The van der Waals surface area contributed by atoms with Crippen molar-refractivity contribution in [3.05, 3.63) is 58.1 Å². The molecule has 1 aromatic carbocycles. The minimum atomic E-state index is -0.887. The van der Waals surface area contributed by atoms with E-state index >= 15 is 0 Å². The summed E-state index contributed by atoms with van der Waals surface area (Å²) < 4.78 is 18.5. The van der Waals surface area contributed by atoms with E-state index in [-0.39, 0.29) is 5.82 Å². The molecule has 0 amide bonds. The van der Waals surface area contributed by atoms with Crippen LogP contribution in [0.15, 0.2) is 41.1 Å². The highest BCUT2D eigenvalue weighted by atomic mass is 79.9. The Morgan fingerprint density at radius 1 is 1.33 bits per heavy atom. The summed E-state index contributed by atoms with van der Waals surface area (Å²) in [6.07, 6.45) is 2.21. The van der Waals surface area contributed by atoms with Crippen molar-refractivity contribution < 1.29 is 14.2 Å². The smallest absolute Gasteiger partial charge is 0.137 e. The third-order valence-corrected chi connectivity index (χ3v) is 3.23. The number of halogens is 2. The van der Waals surface area contributed by atoms with Crippen molar-refractivity contribution >= 4 is 15.9 Å². The summed E-state index contributed by atoms with van der Waals surface area (Å²) in [5, 5.41) is 10.2. The third-order valence-electron chi connectivity index (χ3n) is 2.54. The molecule has 1 heterocycles. The van der Waals surface area contributed by atoms with Gasteiger partial charge >= 0.3 is 0 Å². The van der Waals surface area contributed by atoms with E-state index in [0.29, 0.717) is 21.3 Å². The summed E-state index contributed by atoms with van der Waals surface area (Å²) in [6.45, 7) is 0. The summed E-state index contributed by atoms with van der Waals surface area (Å²) in [6, 6.07) is 5.83. The highest BCUT2D eigenvalue weighted by Gasteiger charge is 2.15. The van der Waals surface area contributed by atoms with Crippen LogP contribution in [0.3, 0.4) is 0 Å². The summed E-state index contributed by atoms with van der Waals surface area (Å²) >= 11 is 3.23. The second-order valence-electron chi connectivity index (χ2n) is 3.73. The Kier molecular flexibility index (Phi) is 3.93.